The minimum atomic E-state index is 0.413. The van der Waals surface area contributed by atoms with Crippen molar-refractivity contribution in [3.8, 4) is 11.8 Å². The molecular weight excluding hydrogens is 378 g/mol. The third-order valence-electron chi connectivity index (χ3n) is 5.72. The number of morpholine rings is 1. The van der Waals surface area contributed by atoms with E-state index in [0.717, 1.165) is 31.0 Å². The molecule has 1 aromatic carbocycles. The number of ether oxygens (including phenoxy) is 1. The van der Waals surface area contributed by atoms with Crippen molar-refractivity contribution in [1.82, 2.24) is 14.8 Å². The second kappa shape index (κ2) is 7.81. The lowest BCUT2D eigenvalue weighted by molar-refractivity contribution is 0.122. The molecule has 1 aliphatic carbocycles. The van der Waals surface area contributed by atoms with Gasteiger partial charge in [0.2, 0.25) is 5.95 Å². The number of hydrogen-bond acceptors (Lipinski definition) is 6. The molecule has 0 radical (unpaired) electrons. The predicted molar refractivity (Wildman–Crippen MR) is 113 cm³/mol. The highest BCUT2D eigenvalue weighted by Crippen LogP contribution is 2.47. The van der Waals surface area contributed by atoms with Gasteiger partial charge in [-0.15, -0.1) is 10.2 Å². The first kappa shape index (κ1) is 18.6. The largest absolute Gasteiger partial charge is 0.461 e. The molecule has 7 nitrogen and oxygen atoms in total. The molecular formula is C23H23N5O2. The van der Waals surface area contributed by atoms with E-state index in [-0.39, 0.29) is 0 Å². The van der Waals surface area contributed by atoms with E-state index < -0.39 is 0 Å². The molecule has 5 rings (SSSR count). The molecule has 3 aromatic rings. The normalized spacial score (nSPS) is 21.5. The summed E-state index contributed by atoms with van der Waals surface area (Å²) in [5, 5.41) is 18.8. The Bertz CT molecular complexity index is 1100. The fourth-order valence-electron chi connectivity index (χ4n) is 3.89. The molecule has 7 heteroatoms. The van der Waals surface area contributed by atoms with Crippen LogP contribution in [0.5, 0.6) is 0 Å². The summed E-state index contributed by atoms with van der Waals surface area (Å²) in [5.41, 5.74) is 1.32. The lowest BCUT2D eigenvalue weighted by Gasteiger charge is -2.28. The van der Waals surface area contributed by atoms with Gasteiger partial charge in [0.05, 0.1) is 18.9 Å². The van der Waals surface area contributed by atoms with Crippen LogP contribution in [0.2, 0.25) is 0 Å². The van der Waals surface area contributed by atoms with E-state index in [4.69, 9.17) is 9.15 Å². The zero-order valence-electron chi connectivity index (χ0n) is 16.9. The second-order valence-corrected chi connectivity index (χ2v) is 7.82. The average molecular weight is 401 g/mol. The number of allylic oxidation sites excluding steroid dienone is 1. The molecule has 2 fully saturated rings. The standard InChI is InChI=1S/C23H23N5O2/c1-16-13-20(16)21-8-7-19(30-21)14-17(15-24)22-25-26-23(27-9-11-29-12-10-27)28(22)18-5-3-2-4-6-18/h2-8,14,16,20H,9-13H2,1H3/b17-14+/t16-,20+/m0/s1. The van der Waals surface area contributed by atoms with Gasteiger partial charge in [-0.3, -0.25) is 4.57 Å². The first-order chi connectivity index (χ1) is 14.7. The van der Waals surface area contributed by atoms with Gasteiger partial charge in [-0.25, -0.2) is 0 Å². The number of rotatable bonds is 5. The zero-order chi connectivity index (χ0) is 20.5. The number of nitrogens with zero attached hydrogens (tertiary/aromatic N) is 5. The van der Waals surface area contributed by atoms with Gasteiger partial charge in [0.15, 0.2) is 5.82 Å². The Morgan fingerprint density at radius 3 is 2.60 bits per heavy atom. The van der Waals surface area contributed by atoms with Gasteiger partial charge in [-0.2, -0.15) is 5.26 Å². The van der Waals surface area contributed by atoms with Crippen LogP contribution in [-0.4, -0.2) is 41.1 Å². The average Bonchev–Trinajstić information content (AvgIpc) is 3.18. The Labute approximate surface area is 175 Å². The van der Waals surface area contributed by atoms with Crippen LogP contribution in [0.4, 0.5) is 5.95 Å². The predicted octanol–water partition coefficient (Wildman–Crippen LogP) is 3.88. The van der Waals surface area contributed by atoms with E-state index in [1.54, 1.807) is 6.08 Å². The third-order valence-corrected chi connectivity index (χ3v) is 5.72. The molecule has 0 amide bonds. The maximum absolute atomic E-state index is 9.93. The van der Waals surface area contributed by atoms with Crippen LogP contribution in [0.15, 0.2) is 46.9 Å². The maximum Gasteiger partial charge on any atom is 0.232 e. The van der Waals surface area contributed by atoms with E-state index >= 15 is 0 Å². The molecule has 0 spiro atoms. The molecule has 1 saturated carbocycles. The van der Waals surface area contributed by atoms with Gasteiger partial charge < -0.3 is 14.1 Å². The molecule has 0 bridgehead atoms. The summed E-state index contributed by atoms with van der Waals surface area (Å²) in [6.07, 6.45) is 2.91. The number of benzene rings is 1. The van der Waals surface area contributed by atoms with Crippen molar-refractivity contribution >= 4 is 17.6 Å². The molecule has 152 valence electrons. The number of para-hydroxylation sites is 1. The Morgan fingerprint density at radius 1 is 1.13 bits per heavy atom. The van der Waals surface area contributed by atoms with Crippen molar-refractivity contribution in [3.63, 3.8) is 0 Å². The summed E-state index contributed by atoms with van der Waals surface area (Å²) >= 11 is 0. The number of furan rings is 1. The minimum Gasteiger partial charge on any atom is -0.461 e. The van der Waals surface area contributed by atoms with Crippen molar-refractivity contribution in [3.05, 3.63) is 59.8 Å². The van der Waals surface area contributed by atoms with Crippen LogP contribution in [0.25, 0.3) is 17.3 Å². The molecule has 2 aromatic heterocycles. The number of hydrogen-bond donors (Lipinski definition) is 0. The Balaban J connectivity index is 1.56. The Kier molecular flexibility index (Phi) is 4.85. The van der Waals surface area contributed by atoms with E-state index in [0.29, 0.717) is 48.2 Å². The van der Waals surface area contributed by atoms with E-state index in [9.17, 15) is 5.26 Å². The van der Waals surface area contributed by atoms with E-state index in [1.165, 1.54) is 0 Å². The lowest BCUT2D eigenvalue weighted by atomic mass is 10.2. The first-order valence-corrected chi connectivity index (χ1v) is 10.3. The smallest absolute Gasteiger partial charge is 0.232 e. The molecule has 30 heavy (non-hydrogen) atoms. The third kappa shape index (κ3) is 3.51. The van der Waals surface area contributed by atoms with Gasteiger partial charge in [-0.05, 0) is 36.6 Å². The van der Waals surface area contributed by atoms with Crippen LogP contribution in [0.3, 0.4) is 0 Å². The molecule has 3 heterocycles. The van der Waals surface area contributed by atoms with Crippen LogP contribution >= 0.6 is 0 Å². The fourth-order valence-corrected chi connectivity index (χ4v) is 3.89. The molecule has 2 aliphatic rings. The van der Waals surface area contributed by atoms with Crippen LogP contribution in [-0.2, 0) is 4.74 Å². The fraction of sp³-hybridized carbons (Fsp3) is 0.348. The SMILES string of the molecule is C[C@H]1C[C@H]1c1ccc(/C=C(\C#N)c2nnc(N3CCOCC3)n2-c2ccccc2)o1. The van der Waals surface area contributed by atoms with Crippen molar-refractivity contribution in [2.45, 2.75) is 19.3 Å². The van der Waals surface area contributed by atoms with Crippen molar-refractivity contribution in [2.75, 3.05) is 31.2 Å². The van der Waals surface area contributed by atoms with Crippen molar-refractivity contribution in [2.24, 2.45) is 5.92 Å². The lowest BCUT2D eigenvalue weighted by Crippen LogP contribution is -2.38. The van der Waals surface area contributed by atoms with Gasteiger partial charge in [0.1, 0.15) is 23.2 Å². The molecule has 1 aliphatic heterocycles. The highest BCUT2D eigenvalue weighted by atomic mass is 16.5. The van der Waals surface area contributed by atoms with Gasteiger partial charge >= 0.3 is 0 Å². The van der Waals surface area contributed by atoms with E-state index in [2.05, 4.69) is 28.1 Å². The summed E-state index contributed by atoms with van der Waals surface area (Å²) in [4.78, 5) is 2.14. The van der Waals surface area contributed by atoms with Crippen molar-refractivity contribution < 1.29 is 9.15 Å². The van der Waals surface area contributed by atoms with Crippen LogP contribution < -0.4 is 4.90 Å². The number of nitriles is 1. The van der Waals surface area contributed by atoms with Crippen LogP contribution in [0.1, 0.15) is 36.6 Å². The Morgan fingerprint density at radius 2 is 1.90 bits per heavy atom. The molecule has 1 saturated heterocycles. The van der Waals surface area contributed by atoms with Gasteiger partial charge in [-0.1, -0.05) is 25.1 Å². The van der Waals surface area contributed by atoms with Crippen LogP contribution in [0, 0.1) is 17.2 Å². The summed E-state index contributed by atoms with van der Waals surface area (Å²) in [6, 6.07) is 16.1. The summed E-state index contributed by atoms with van der Waals surface area (Å²) in [7, 11) is 0. The topological polar surface area (TPSA) is 80.1 Å². The summed E-state index contributed by atoms with van der Waals surface area (Å²) < 4.78 is 13.4. The van der Waals surface area contributed by atoms with Crippen molar-refractivity contribution in [1.29, 1.82) is 5.26 Å². The molecule has 0 N–H and O–H groups in total. The number of anilines is 1. The number of aromatic nitrogens is 3. The molecule has 2 atom stereocenters. The van der Waals surface area contributed by atoms with E-state index in [1.807, 2.05) is 47.0 Å². The highest BCUT2D eigenvalue weighted by Gasteiger charge is 2.36. The minimum absolute atomic E-state index is 0.413. The zero-order valence-corrected chi connectivity index (χ0v) is 16.9. The molecule has 0 unspecified atom stereocenters. The second-order valence-electron chi connectivity index (χ2n) is 7.82. The summed E-state index contributed by atoms with van der Waals surface area (Å²) in [6.45, 7) is 4.98. The summed E-state index contributed by atoms with van der Waals surface area (Å²) in [5.74, 6) is 4.04. The first-order valence-electron chi connectivity index (χ1n) is 10.3. The Hall–Kier alpha value is -3.37. The monoisotopic (exact) mass is 401 g/mol. The highest BCUT2D eigenvalue weighted by molar-refractivity contribution is 5.87. The van der Waals surface area contributed by atoms with Gasteiger partial charge in [0.25, 0.3) is 0 Å². The van der Waals surface area contributed by atoms with Gasteiger partial charge in [0, 0.05) is 25.1 Å². The quantitative estimate of drug-likeness (QED) is 0.604. The maximum atomic E-state index is 9.93.